The Morgan fingerprint density at radius 3 is 1.30 bits per heavy atom. The number of para-hydroxylation sites is 3. The molecular formula is C74H46N2. The zero-order chi connectivity index (χ0) is 49.7. The molecule has 0 radical (unpaired) electrons. The van der Waals surface area contributed by atoms with Crippen LogP contribution in [-0.4, -0.2) is 4.57 Å². The molecular weight excluding hydrogens is 917 g/mol. The third-order valence-corrected chi connectivity index (χ3v) is 17.6. The van der Waals surface area contributed by atoms with Gasteiger partial charge in [0.2, 0.25) is 0 Å². The van der Waals surface area contributed by atoms with E-state index in [1.165, 1.54) is 127 Å². The molecule has 0 amide bonds. The van der Waals surface area contributed by atoms with Gasteiger partial charge in [0, 0.05) is 27.8 Å². The summed E-state index contributed by atoms with van der Waals surface area (Å²) >= 11 is 0. The van der Waals surface area contributed by atoms with E-state index in [4.69, 9.17) is 0 Å². The molecule has 1 aromatic heterocycles. The van der Waals surface area contributed by atoms with Crippen LogP contribution < -0.4 is 4.90 Å². The molecule has 17 rings (SSSR count). The SMILES string of the molecule is c1ccc(C2(c3ccccc3)c3ccccc3-c3ccc(N(c4ccc5c(c4)C4(c6ccccc6-5)c5ccccc5-n5c6ccccc6c6cccc4c65)c4ccc5c6ccccc6c6ccccc6c5c4)cc32)cc1. The van der Waals surface area contributed by atoms with Crippen molar-refractivity contribution in [2.75, 3.05) is 4.90 Å². The van der Waals surface area contributed by atoms with E-state index in [2.05, 4.69) is 289 Å². The first-order valence-corrected chi connectivity index (χ1v) is 26.6. The van der Waals surface area contributed by atoms with Gasteiger partial charge in [-0.3, -0.25) is 0 Å². The average molecular weight is 963 g/mol. The van der Waals surface area contributed by atoms with Crippen LogP contribution in [-0.2, 0) is 10.8 Å². The van der Waals surface area contributed by atoms with Crippen LogP contribution in [0.4, 0.5) is 17.1 Å². The average Bonchev–Trinajstić information content (AvgIpc) is 4.16. The van der Waals surface area contributed by atoms with Gasteiger partial charge in [-0.2, -0.15) is 0 Å². The fraction of sp³-hybridized carbons (Fsp3) is 0.0270. The van der Waals surface area contributed by atoms with Crippen molar-refractivity contribution in [3.05, 3.63) is 324 Å². The molecule has 0 fully saturated rings. The van der Waals surface area contributed by atoms with Crippen LogP contribution in [0.15, 0.2) is 279 Å². The Kier molecular flexibility index (Phi) is 8.44. The van der Waals surface area contributed by atoms with Crippen molar-refractivity contribution in [1.82, 2.24) is 4.57 Å². The largest absolute Gasteiger partial charge is 0.310 e. The summed E-state index contributed by atoms with van der Waals surface area (Å²) in [6.07, 6.45) is 0. The summed E-state index contributed by atoms with van der Waals surface area (Å²) in [6.45, 7) is 0. The molecule has 1 atom stereocenters. The van der Waals surface area contributed by atoms with E-state index < -0.39 is 10.8 Å². The molecule has 3 aliphatic rings. The molecule has 0 saturated heterocycles. The van der Waals surface area contributed by atoms with Gasteiger partial charge >= 0.3 is 0 Å². The molecule has 14 aromatic rings. The van der Waals surface area contributed by atoms with Crippen LogP contribution in [0.3, 0.4) is 0 Å². The van der Waals surface area contributed by atoms with Crippen LogP contribution in [0.25, 0.3) is 82.1 Å². The fourth-order valence-electron chi connectivity index (χ4n) is 14.7. The van der Waals surface area contributed by atoms with E-state index >= 15 is 0 Å². The van der Waals surface area contributed by atoms with Crippen molar-refractivity contribution < 1.29 is 0 Å². The number of anilines is 3. The summed E-state index contributed by atoms with van der Waals surface area (Å²) in [5.74, 6) is 0. The van der Waals surface area contributed by atoms with Gasteiger partial charge in [0.25, 0.3) is 0 Å². The summed E-state index contributed by atoms with van der Waals surface area (Å²) < 4.78 is 2.54. The van der Waals surface area contributed by atoms with Crippen LogP contribution in [0.5, 0.6) is 0 Å². The smallest absolute Gasteiger partial charge is 0.0755 e. The summed E-state index contributed by atoms with van der Waals surface area (Å²) in [5, 5.41) is 10.1. The number of aromatic nitrogens is 1. The Morgan fingerprint density at radius 1 is 0.250 bits per heavy atom. The monoisotopic (exact) mass is 962 g/mol. The highest BCUT2D eigenvalue weighted by molar-refractivity contribution is 6.26. The van der Waals surface area contributed by atoms with Crippen molar-refractivity contribution in [3.63, 3.8) is 0 Å². The predicted molar refractivity (Wildman–Crippen MR) is 316 cm³/mol. The lowest BCUT2D eigenvalue weighted by atomic mass is 9.65. The fourth-order valence-corrected chi connectivity index (χ4v) is 14.7. The third-order valence-electron chi connectivity index (χ3n) is 17.6. The molecule has 1 unspecified atom stereocenters. The Bertz CT molecular complexity index is 4700. The van der Waals surface area contributed by atoms with Gasteiger partial charge in [-0.1, -0.05) is 231 Å². The van der Waals surface area contributed by atoms with Crippen molar-refractivity contribution in [2.45, 2.75) is 10.8 Å². The summed E-state index contributed by atoms with van der Waals surface area (Å²) in [5.41, 5.74) is 21.2. The molecule has 0 bridgehead atoms. The quantitative estimate of drug-likeness (QED) is 0.156. The number of benzene rings is 13. The number of rotatable bonds is 5. The molecule has 2 nitrogen and oxygen atoms in total. The summed E-state index contributed by atoms with van der Waals surface area (Å²) in [7, 11) is 0. The van der Waals surface area contributed by atoms with Gasteiger partial charge in [0.05, 0.1) is 27.6 Å². The lowest BCUT2D eigenvalue weighted by Crippen LogP contribution is -2.33. The van der Waals surface area contributed by atoms with Crippen molar-refractivity contribution >= 4 is 71.2 Å². The highest BCUT2D eigenvalue weighted by Crippen LogP contribution is 2.63. The topological polar surface area (TPSA) is 8.17 Å². The van der Waals surface area contributed by atoms with Crippen molar-refractivity contribution in [1.29, 1.82) is 0 Å². The normalized spacial score (nSPS) is 15.3. The predicted octanol–water partition coefficient (Wildman–Crippen LogP) is 18.8. The number of nitrogens with zero attached hydrogens (tertiary/aromatic N) is 2. The van der Waals surface area contributed by atoms with E-state index in [1.807, 2.05) is 0 Å². The van der Waals surface area contributed by atoms with Gasteiger partial charge in [-0.05, 0) is 148 Å². The number of hydrogen-bond acceptors (Lipinski definition) is 1. The number of fused-ring (bicyclic) bond motifs is 21. The minimum absolute atomic E-state index is 0.568. The Morgan fingerprint density at radius 2 is 0.671 bits per heavy atom. The van der Waals surface area contributed by atoms with E-state index in [0.717, 1.165) is 17.1 Å². The summed E-state index contributed by atoms with van der Waals surface area (Å²) in [6, 6.07) is 105. The molecule has 0 saturated carbocycles. The van der Waals surface area contributed by atoms with Gasteiger partial charge in [-0.25, -0.2) is 0 Å². The minimum atomic E-state index is -0.609. The van der Waals surface area contributed by atoms with E-state index in [0.29, 0.717) is 0 Å². The first kappa shape index (κ1) is 41.7. The van der Waals surface area contributed by atoms with Crippen LogP contribution in [0, 0.1) is 0 Å². The zero-order valence-electron chi connectivity index (χ0n) is 41.5. The molecule has 2 aliphatic carbocycles. The van der Waals surface area contributed by atoms with E-state index in [9.17, 15) is 0 Å². The maximum Gasteiger partial charge on any atom is 0.0755 e. The second kappa shape index (κ2) is 15.4. The molecule has 1 spiro atoms. The second-order valence-corrected chi connectivity index (χ2v) is 21.0. The van der Waals surface area contributed by atoms with Crippen molar-refractivity contribution in [2.24, 2.45) is 0 Å². The highest BCUT2D eigenvalue weighted by atomic mass is 15.1. The minimum Gasteiger partial charge on any atom is -0.310 e. The standard InChI is InChI=1S/C74H46N2/c1-3-20-47(21-4-1)73(48-22-5-2-6-23-48)64-32-14-11-28-57(64)59-42-39-50(45-68(59)73)75(49-38-41-56-54-26-8-7-24-52(54)53-25-9-10-27-55(53)63(56)44-49)51-40-43-60-58-29-12-15-33-65(58)74(69(60)46-51)66-34-16-18-37-71(66)76-70-36-17-13-30-61(70)62-31-19-35-67(74)72(62)76/h1-46H. The molecule has 1 aliphatic heterocycles. The Labute approximate surface area is 440 Å². The third kappa shape index (κ3) is 5.25. The molecule has 76 heavy (non-hydrogen) atoms. The Balaban J connectivity index is 0.982. The van der Waals surface area contributed by atoms with E-state index in [-0.39, 0.29) is 0 Å². The van der Waals surface area contributed by atoms with Gasteiger partial charge < -0.3 is 9.47 Å². The van der Waals surface area contributed by atoms with E-state index in [1.54, 1.807) is 0 Å². The zero-order valence-corrected chi connectivity index (χ0v) is 41.5. The summed E-state index contributed by atoms with van der Waals surface area (Å²) in [4.78, 5) is 2.55. The van der Waals surface area contributed by atoms with Crippen LogP contribution >= 0.6 is 0 Å². The lowest BCUT2D eigenvalue weighted by Gasteiger charge is -2.40. The maximum atomic E-state index is 2.55. The van der Waals surface area contributed by atoms with Crippen LogP contribution in [0.2, 0.25) is 0 Å². The lowest BCUT2D eigenvalue weighted by molar-refractivity contribution is 0.748. The first-order valence-electron chi connectivity index (χ1n) is 26.6. The van der Waals surface area contributed by atoms with Gasteiger partial charge in [0.1, 0.15) is 0 Å². The maximum absolute atomic E-state index is 2.55. The molecule has 13 aromatic carbocycles. The second-order valence-electron chi connectivity index (χ2n) is 21.0. The molecule has 352 valence electrons. The van der Waals surface area contributed by atoms with Gasteiger partial charge in [0.15, 0.2) is 0 Å². The van der Waals surface area contributed by atoms with Gasteiger partial charge in [-0.15, -0.1) is 0 Å². The molecule has 2 heterocycles. The first-order chi connectivity index (χ1) is 37.7. The molecule has 0 N–H and O–H groups in total. The highest BCUT2D eigenvalue weighted by Gasteiger charge is 2.51. The molecule has 2 heteroatoms. The van der Waals surface area contributed by atoms with Crippen LogP contribution in [0.1, 0.15) is 44.5 Å². The number of hydrogen-bond donors (Lipinski definition) is 0. The van der Waals surface area contributed by atoms with Crippen molar-refractivity contribution in [3.8, 4) is 27.9 Å². The Hall–Kier alpha value is -9.76.